The standard InChI is InChI=1S/C33H41NO2/c1-4-33(22-36-23-33)21-34-15-13-27(14-16-34)18-28-17-24(2)32(31-8-6-5-7-30(31)19-28)20-26-9-11-29(12-10-26)25(3)35/h4-12,27-28H,1,13-23H2,2-3H3. The van der Waals surface area contributed by atoms with Crippen LogP contribution in [0.2, 0.25) is 0 Å². The minimum Gasteiger partial charge on any atom is -0.379 e. The Bertz CT molecular complexity index is 1120. The van der Waals surface area contributed by atoms with Crippen molar-refractivity contribution in [1.82, 2.24) is 4.90 Å². The summed E-state index contributed by atoms with van der Waals surface area (Å²) in [6, 6.07) is 17.2. The monoisotopic (exact) mass is 483 g/mol. The zero-order valence-electron chi connectivity index (χ0n) is 22.1. The molecule has 0 saturated carbocycles. The highest BCUT2D eigenvalue weighted by Crippen LogP contribution is 2.39. The van der Waals surface area contributed by atoms with Crippen LogP contribution in [0.4, 0.5) is 0 Å². The molecule has 0 N–H and O–H groups in total. The van der Waals surface area contributed by atoms with Gasteiger partial charge in [0.1, 0.15) is 0 Å². The van der Waals surface area contributed by atoms with Crippen LogP contribution in [0.5, 0.6) is 0 Å². The number of ether oxygens (including phenoxy) is 1. The number of Topliss-reactive ketones (excluding diaryl/α,β-unsaturated/α-hetero) is 1. The molecule has 2 aromatic carbocycles. The molecule has 3 nitrogen and oxygen atoms in total. The Morgan fingerprint density at radius 2 is 1.78 bits per heavy atom. The predicted octanol–water partition coefficient (Wildman–Crippen LogP) is 6.77. The molecule has 0 amide bonds. The maximum atomic E-state index is 11.7. The van der Waals surface area contributed by atoms with Crippen molar-refractivity contribution in [2.75, 3.05) is 32.8 Å². The van der Waals surface area contributed by atoms with Crippen LogP contribution in [0.3, 0.4) is 0 Å². The SMILES string of the molecule is C=CC1(CN2CCC(CC3CC(C)=C(Cc4ccc(C(C)=O)cc4)c4ccccc4C3)CC2)COC1. The highest BCUT2D eigenvalue weighted by Gasteiger charge is 2.38. The van der Waals surface area contributed by atoms with Crippen molar-refractivity contribution in [2.24, 2.45) is 17.3 Å². The van der Waals surface area contributed by atoms with Crippen molar-refractivity contribution in [2.45, 2.75) is 52.4 Å². The van der Waals surface area contributed by atoms with Gasteiger partial charge in [-0.05, 0) is 99.6 Å². The normalized spacial score (nSPS) is 22.4. The second-order valence-corrected chi connectivity index (χ2v) is 11.6. The molecule has 5 rings (SSSR count). The van der Waals surface area contributed by atoms with Crippen LogP contribution in [0.25, 0.3) is 5.57 Å². The largest absolute Gasteiger partial charge is 0.379 e. The average molecular weight is 484 g/mol. The van der Waals surface area contributed by atoms with Gasteiger partial charge in [0.05, 0.1) is 13.2 Å². The van der Waals surface area contributed by atoms with E-state index in [-0.39, 0.29) is 11.2 Å². The third kappa shape index (κ3) is 5.58. The molecule has 3 aliphatic rings. The number of hydrogen-bond acceptors (Lipinski definition) is 3. The number of hydrogen-bond donors (Lipinski definition) is 0. The summed E-state index contributed by atoms with van der Waals surface area (Å²) in [6.45, 7) is 13.3. The molecule has 2 aromatic rings. The minimum absolute atomic E-state index is 0.127. The van der Waals surface area contributed by atoms with Gasteiger partial charge >= 0.3 is 0 Å². The Balaban J connectivity index is 1.25. The average Bonchev–Trinajstić information content (AvgIpc) is 2.98. The third-order valence-electron chi connectivity index (χ3n) is 8.83. The van der Waals surface area contributed by atoms with Crippen LogP contribution in [0.1, 0.15) is 66.6 Å². The summed E-state index contributed by atoms with van der Waals surface area (Å²) >= 11 is 0. The molecule has 1 aliphatic carbocycles. The van der Waals surface area contributed by atoms with E-state index in [4.69, 9.17) is 4.74 Å². The molecule has 0 bridgehead atoms. The molecular weight excluding hydrogens is 442 g/mol. The van der Waals surface area contributed by atoms with E-state index in [1.807, 2.05) is 12.1 Å². The van der Waals surface area contributed by atoms with Gasteiger partial charge in [-0.3, -0.25) is 4.79 Å². The number of fused-ring (bicyclic) bond motifs is 1. The quantitative estimate of drug-likeness (QED) is 0.306. The van der Waals surface area contributed by atoms with Crippen LogP contribution < -0.4 is 0 Å². The number of likely N-dealkylation sites (tertiary alicyclic amines) is 1. The van der Waals surface area contributed by atoms with Gasteiger partial charge in [-0.25, -0.2) is 0 Å². The van der Waals surface area contributed by atoms with Gasteiger partial charge in [0, 0.05) is 17.5 Å². The molecule has 1 unspecified atom stereocenters. The fourth-order valence-corrected chi connectivity index (χ4v) is 6.57. The summed E-state index contributed by atoms with van der Waals surface area (Å²) < 4.78 is 5.49. The van der Waals surface area contributed by atoms with Gasteiger partial charge in [0.2, 0.25) is 0 Å². The minimum atomic E-state index is 0.127. The van der Waals surface area contributed by atoms with Gasteiger partial charge in [0.15, 0.2) is 5.78 Å². The highest BCUT2D eigenvalue weighted by atomic mass is 16.5. The number of carbonyl (C=O) groups is 1. The van der Waals surface area contributed by atoms with Gasteiger partial charge in [-0.2, -0.15) is 0 Å². The number of ketones is 1. The summed E-state index contributed by atoms with van der Waals surface area (Å²) in [5.41, 5.74) is 8.22. The zero-order valence-corrected chi connectivity index (χ0v) is 22.1. The fourth-order valence-electron chi connectivity index (χ4n) is 6.57. The van der Waals surface area contributed by atoms with Crippen LogP contribution in [0, 0.1) is 17.3 Å². The lowest BCUT2D eigenvalue weighted by atomic mass is 9.81. The van der Waals surface area contributed by atoms with E-state index >= 15 is 0 Å². The van der Waals surface area contributed by atoms with Crippen LogP contribution in [0.15, 0.2) is 66.8 Å². The highest BCUT2D eigenvalue weighted by molar-refractivity contribution is 5.94. The van der Waals surface area contributed by atoms with Crippen LogP contribution in [-0.4, -0.2) is 43.5 Å². The number of carbonyl (C=O) groups excluding carboxylic acids is 1. The van der Waals surface area contributed by atoms with E-state index in [0.717, 1.165) is 37.7 Å². The molecule has 190 valence electrons. The Kier molecular flexibility index (Phi) is 7.60. The lowest BCUT2D eigenvalue weighted by molar-refractivity contribution is -0.0987. The van der Waals surface area contributed by atoms with Gasteiger partial charge in [0.25, 0.3) is 0 Å². The maximum absolute atomic E-state index is 11.7. The van der Waals surface area contributed by atoms with Gasteiger partial charge < -0.3 is 9.64 Å². The maximum Gasteiger partial charge on any atom is 0.159 e. The molecule has 3 heteroatoms. The van der Waals surface area contributed by atoms with E-state index in [2.05, 4.69) is 60.9 Å². The Morgan fingerprint density at radius 1 is 1.06 bits per heavy atom. The predicted molar refractivity (Wildman–Crippen MR) is 148 cm³/mol. The van der Waals surface area contributed by atoms with Crippen molar-refractivity contribution >= 4 is 11.4 Å². The van der Waals surface area contributed by atoms with Gasteiger partial charge in [-0.15, -0.1) is 6.58 Å². The number of piperidine rings is 1. The third-order valence-corrected chi connectivity index (χ3v) is 8.83. The Labute approximate surface area is 217 Å². The number of benzene rings is 2. The molecule has 2 heterocycles. The van der Waals surface area contributed by atoms with Crippen molar-refractivity contribution < 1.29 is 9.53 Å². The Hall–Kier alpha value is -2.49. The summed E-state index contributed by atoms with van der Waals surface area (Å²) in [4.78, 5) is 14.3. The van der Waals surface area contributed by atoms with E-state index in [1.165, 1.54) is 73.0 Å². The Morgan fingerprint density at radius 3 is 2.42 bits per heavy atom. The number of allylic oxidation sites excluding steroid dienone is 2. The second kappa shape index (κ2) is 10.9. The first-order chi connectivity index (χ1) is 17.4. The first kappa shape index (κ1) is 25.2. The summed E-state index contributed by atoms with van der Waals surface area (Å²) in [7, 11) is 0. The van der Waals surface area contributed by atoms with Crippen LogP contribution in [-0.2, 0) is 17.6 Å². The fraction of sp³-hybridized carbons (Fsp3) is 0.485. The molecule has 2 saturated heterocycles. The zero-order chi connectivity index (χ0) is 25.1. The molecule has 0 aromatic heterocycles. The smallest absolute Gasteiger partial charge is 0.159 e. The molecule has 2 fully saturated rings. The first-order valence-electron chi connectivity index (χ1n) is 13.8. The number of rotatable bonds is 8. The van der Waals surface area contributed by atoms with Crippen molar-refractivity contribution in [3.63, 3.8) is 0 Å². The van der Waals surface area contributed by atoms with Crippen molar-refractivity contribution in [3.05, 3.63) is 89.0 Å². The van der Waals surface area contributed by atoms with Crippen molar-refractivity contribution in [1.29, 1.82) is 0 Å². The van der Waals surface area contributed by atoms with E-state index in [1.54, 1.807) is 6.92 Å². The van der Waals surface area contributed by atoms with E-state index in [0.29, 0.717) is 5.92 Å². The first-order valence-corrected chi connectivity index (χ1v) is 13.8. The molecule has 1 atom stereocenters. The summed E-state index contributed by atoms with van der Waals surface area (Å²) in [5.74, 6) is 1.66. The summed E-state index contributed by atoms with van der Waals surface area (Å²) in [6.07, 6.45) is 9.37. The topological polar surface area (TPSA) is 29.5 Å². The lowest BCUT2D eigenvalue weighted by Gasteiger charge is -2.44. The van der Waals surface area contributed by atoms with E-state index < -0.39 is 0 Å². The molecule has 2 aliphatic heterocycles. The second-order valence-electron chi connectivity index (χ2n) is 11.6. The number of nitrogens with zero attached hydrogens (tertiary/aromatic N) is 1. The molecule has 0 radical (unpaired) electrons. The molecular formula is C33H41NO2. The lowest BCUT2D eigenvalue weighted by Crippen LogP contribution is -2.51. The van der Waals surface area contributed by atoms with E-state index in [9.17, 15) is 4.79 Å². The van der Waals surface area contributed by atoms with Gasteiger partial charge in [-0.1, -0.05) is 60.2 Å². The molecule has 0 spiro atoms. The summed E-state index contributed by atoms with van der Waals surface area (Å²) in [5, 5.41) is 0. The van der Waals surface area contributed by atoms with Crippen LogP contribution >= 0.6 is 0 Å². The molecule has 36 heavy (non-hydrogen) atoms. The van der Waals surface area contributed by atoms with Crippen molar-refractivity contribution in [3.8, 4) is 0 Å².